The Morgan fingerprint density at radius 3 is 2.50 bits per heavy atom. The van der Waals surface area contributed by atoms with E-state index in [4.69, 9.17) is 15.0 Å². The minimum absolute atomic E-state index is 0.0189. The van der Waals surface area contributed by atoms with Gasteiger partial charge in [-0.2, -0.15) is 4.98 Å². The van der Waals surface area contributed by atoms with Crippen LogP contribution in [0.4, 0.5) is 27.8 Å². The molecule has 1 unspecified atom stereocenters. The van der Waals surface area contributed by atoms with Crippen LogP contribution in [-0.2, 0) is 4.79 Å². The van der Waals surface area contributed by atoms with Gasteiger partial charge in [0.2, 0.25) is 11.9 Å². The normalized spacial score (nSPS) is 17.6. The largest absolute Gasteiger partial charge is 0.354 e. The third-order valence-corrected chi connectivity index (χ3v) is 7.21. The van der Waals surface area contributed by atoms with Gasteiger partial charge in [-0.3, -0.25) is 9.18 Å². The van der Waals surface area contributed by atoms with Gasteiger partial charge in [0.25, 0.3) is 0 Å². The maximum Gasteiger partial charge on any atom is 0.228 e. The zero-order chi connectivity index (χ0) is 27.4. The van der Waals surface area contributed by atoms with E-state index in [2.05, 4.69) is 46.9 Å². The number of piperidine rings is 1. The average Bonchev–Trinajstić information content (AvgIpc) is 2.88. The van der Waals surface area contributed by atoms with Crippen molar-refractivity contribution in [3.63, 3.8) is 0 Å². The van der Waals surface area contributed by atoms with Crippen molar-refractivity contribution in [3.05, 3.63) is 36.3 Å². The molecule has 1 N–H and O–H groups in total. The molecule has 0 aromatic carbocycles. The summed E-state index contributed by atoms with van der Waals surface area (Å²) in [5.41, 5.74) is 1.17. The Morgan fingerprint density at radius 1 is 1.05 bits per heavy atom. The molecule has 0 saturated carbocycles. The van der Waals surface area contributed by atoms with Gasteiger partial charge in [-0.1, -0.05) is 20.8 Å². The lowest BCUT2D eigenvalue weighted by Crippen LogP contribution is -2.53. The maximum absolute atomic E-state index is 12.3. The van der Waals surface area contributed by atoms with Crippen molar-refractivity contribution in [2.75, 3.05) is 62.6 Å². The van der Waals surface area contributed by atoms with E-state index in [-0.39, 0.29) is 11.8 Å². The lowest BCUT2D eigenvalue weighted by Gasteiger charge is -2.40. The Hall–Kier alpha value is -3.56. The number of aromatic nitrogens is 4. The topological polar surface area (TPSA) is 90.4 Å². The summed E-state index contributed by atoms with van der Waals surface area (Å²) in [7, 11) is 4.12. The molecule has 3 aromatic rings. The van der Waals surface area contributed by atoms with E-state index in [1.807, 2.05) is 38.8 Å². The highest BCUT2D eigenvalue weighted by atomic mass is 19.1. The molecule has 38 heavy (non-hydrogen) atoms. The molecule has 0 aliphatic carbocycles. The first-order valence-corrected chi connectivity index (χ1v) is 13.3. The lowest BCUT2D eigenvalue weighted by atomic mass is 9.96. The molecule has 204 valence electrons. The van der Waals surface area contributed by atoms with Crippen molar-refractivity contribution < 1.29 is 9.18 Å². The summed E-state index contributed by atoms with van der Waals surface area (Å²) in [6.07, 6.45) is 8.09. The van der Waals surface area contributed by atoms with Crippen LogP contribution in [0, 0.1) is 11.8 Å². The molecular weight excluding hydrogens is 483 g/mol. The summed E-state index contributed by atoms with van der Waals surface area (Å²) < 4.78 is 9.50. The van der Waals surface area contributed by atoms with Crippen molar-refractivity contribution in [1.82, 2.24) is 24.8 Å². The van der Waals surface area contributed by atoms with Gasteiger partial charge >= 0.3 is 0 Å². The van der Waals surface area contributed by atoms with Crippen molar-refractivity contribution in [2.45, 2.75) is 39.5 Å². The zero-order valence-corrected chi connectivity index (χ0v) is 23.3. The van der Waals surface area contributed by atoms with Gasteiger partial charge in [0.15, 0.2) is 0 Å². The Balaban J connectivity index is 0.00000164. The third-order valence-electron chi connectivity index (χ3n) is 7.21. The smallest absolute Gasteiger partial charge is 0.228 e. The molecule has 2 saturated heterocycles. The number of nitrogens with one attached hydrogen (secondary N) is 1. The van der Waals surface area contributed by atoms with Crippen molar-refractivity contribution in [3.8, 4) is 0 Å². The molecule has 3 aromatic heterocycles. The molecular formula is C28H39FN8O. The van der Waals surface area contributed by atoms with E-state index in [0.717, 1.165) is 47.3 Å². The molecule has 0 radical (unpaired) electrons. The molecule has 0 spiro atoms. The number of pyridine rings is 2. The fourth-order valence-electron chi connectivity index (χ4n) is 5.17. The Kier molecular flexibility index (Phi) is 8.58. The highest BCUT2D eigenvalue weighted by molar-refractivity contribution is 5.96. The fraction of sp³-hybridized carbons (Fsp3) is 0.536. The quantitative estimate of drug-likeness (QED) is 0.501. The number of fused-ring (bicyclic) bond motifs is 1. The zero-order valence-electron chi connectivity index (χ0n) is 23.3. The highest BCUT2D eigenvalue weighted by Gasteiger charge is 2.35. The monoisotopic (exact) mass is 522 g/mol. The standard InChI is InChI=1S/C27H36N8O.CH3F/c1-17(2)21-12-30-25(35-15-19(16-35)26(36)33(4)5)22-13-29-24(11-20(21)22)31-23-8-9-28-27(32-23)34-10-6-7-18(3)14-34;1-2/h8-9,11-13,17-19H,6-7,10,14-16H2,1-5H3,(H,28,29,31,32);1H3. The number of amides is 1. The van der Waals surface area contributed by atoms with Crippen LogP contribution < -0.4 is 15.1 Å². The number of anilines is 4. The SMILES string of the molecule is CC1CCCN(c2nccc(Nc3cc4c(C(C)C)cnc(N5CC(C(=O)N(C)C)C5)c4cn3)n2)C1.CF. The molecule has 1 atom stereocenters. The second-order valence-corrected chi connectivity index (χ2v) is 10.7. The van der Waals surface area contributed by atoms with E-state index in [9.17, 15) is 9.18 Å². The number of nitrogens with zero attached hydrogens (tertiary/aromatic N) is 7. The number of alkyl halides is 1. The molecule has 10 heteroatoms. The van der Waals surface area contributed by atoms with Crippen LogP contribution >= 0.6 is 0 Å². The number of rotatable bonds is 6. The van der Waals surface area contributed by atoms with E-state index in [1.54, 1.807) is 4.90 Å². The minimum atomic E-state index is 0.0189. The van der Waals surface area contributed by atoms with Crippen LogP contribution in [0.15, 0.2) is 30.7 Å². The average molecular weight is 523 g/mol. The van der Waals surface area contributed by atoms with Gasteiger partial charge in [-0.15, -0.1) is 0 Å². The van der Waals surface area contributed by atoms with Crippen LogP contribution in [0.3, 0.4) is 0 Å². The van der Waals surface area contributed by atoms with Crippen LogP contribution in [0.25, 0.3) is 10.8 Å². The molecule has 1 amide bonds. The van der Waals surface area contributed by atoms with E-state index in [1.165, 1.54) is 18.4 Å². The summed E-state index contributed by atoms with van der Waals surface area (Å²) in [6, 6.07) is 3.97. The molecule has 5 rings (SSSR count). The van der Waals surface area contributed by atoms with Crippen molar-refractivity contribution >= 4 is 40.1 Å². The van der Waals surface area contributed by atoms with Gasteiger partial charge in [0.1, 0.15) is 17.5 Å². The van der Waals surface area contributed by atoms with Gasteiger partial charge < -0.3 is 20.0 Å². The summed E-state index contributed by atoms with van der Waals surface area (Å²) in [5, 5.41) is 5.52. The fourth-order valence-corrected chi connectivity index (χ4v) is 5.17. The molecule has 5 heterocycles. The number of hydrogen-bond acceptors (Lipinski definition) is 8. The van der Waals surface area contributed by atoms with Crippen LogP contribution in [0.1, 0.15) is 45.1 Å². The summed E-state index contributed by atoms with van der Waals surface area (Å²) >= 11 is 0. The van der Waals surface area contributed by atoms with Gasteiger partial charge in [0.05, 0.1) is 13.1 Å². The summed E-state index contributed by atoms with van der Waals surface area (Å²) in [6.45, 7) is 9.97. The van der Waals surface area contributed by atoms with Gasteiger partial charge in [-0.05, 0) is 47.8 Å². The maximum atomic E-state index is 12.3. The first kappa shape index (κ1) is 27.5. The summed E-state index contributed by atoms with van der Waals surface area (Å²) in [5.74, 6) is 4.28. The molecule has 0 bridgehead atoms. The highest BCUT2D eigenvalue weighted by Crippen LogP contribution is 2.35. The molecule has 2 fully saturated rings. The van der Waals surface area contributed by atoms with Gasteiger partial charge in [0, 0.05) is 64.3 Å². The molecule has 2 aliphatic heterocycles. The molecule has 9 nitrogen and oxygen atoms in total. The first-order valence-electron chi connectivity index (χ1n) is 13.3. The summed E-state index contributed by atoms with van der Waals surface area (Å²) in [4.78, 5) is 37.2. The van der Waals surface area contributed by atoms with Crippen LogP contribution in [0.5, 0.6) is 0 Å². The minimum Gasteiger partial charge on any atom is -0.354 e. The number of hydrogen-bond donors (Lipinski definition) is 1. The Labute approximate surface area is 224 Å². The Bertz CT molecular complexity index is 1260. The van der Waals surface area contributed by atoms with E-state index >= 15 is 0 Å². The second-order valence-electron chi connectivity index (χ2n) is 10.7. The van der Waals surface area contributed by atoms with E-state index in [0.29, 0.717) is 32.1 Å². The number of carbonyl (C=O) groups excluding carboxylic acids is 1. The lowest BCUT2D eigenvalue weighted by molar-refractivity contribution is -0.133. The van der Waals surface area contributed by atoms with Crippen molar-refractivity contribution in [2.24, 2.45) is 11.8 Å². The molecule has 2 aliphatic rings. The second kappa shape index (κ2) is 11.9. The number of carbonyl (C=O) groups is 1. The van der Waals surface area contributed by atoms with Crippen molar-refractivity contribution in [1.29, 1.82) is 0 Å². The third kappa shape index (κ3) is 5.79. The number of halogens is 1. The van der Waals surface area contributed by atoms with Crippen LogP contribution in [-0.4, -0.2) is 78.2 Å². The van der Waals surface area contributed by atoms with Gasteiger partial charge in [-0.25, -0.2) is 15.0 Å². The predicted molar refractivity (Wildman–Crippen MR) is 151 cm³/mol. The van der Waals surface area contributed by atoms with Crippen LogP contribution in [0.2, 0.25) is 0 Å². The van der Waals surface area contributed by atoms with E-state index < -0.39 is 0 Å². The Morgan fingerprint density at radius 2 is 1.82 bits per heavy atom. The first-order chi connectivity index (χ1) is 18.3. The predicted octanol–water partition coefficient (Wildman–Crippen LogP) is 4.63.